The molecule has 6 heteroatoms. The second kappa shape index (κ2) is 5.35. The zero-order valence-corrected chi connectivity index (χ0v) is 11.1. The number of nitrogens with two attached hydrogens (primary N) is 1. The molecule has 0 aliphatic heterocycles. The Kier molecular flexibility index (Phi) is 3.79. The van der Waals surface area contributed by atoms with Gasteiger partial charge < -0.3 is 11.1 Å². The fourth-order valence-electron chi connectivity index (χ4n) is 1.50. The Labute approximate surface area is 119 Å². The molecule has 96 valence electrons. The van der Waals surface area contributed by atoms with Crippen molar-refractivity contribution >= 4 is 40.3 Å². The number of hydrogen-bond acceptors (Lipinski definition) is 3. The van der Waals surface area contributed by atoms with Crippen LogP contribution in [0, 0.1) is 17.1 Å². The van der Waals surface area contributed by atoms with E-state index < -0.39 is 5.82 Å². The molecular weight excluding hydrogens is 288 g/mol. The van der Waals surface area contributed by atoms with Crippen LogP contribution in [0.1, 0.15) is 5.56 Å². The van der Waals surface area contributed by atoms with Crippen LogP contribution in [0.2, 0.25) is 10.0 Å². The number of nitrogens with zero attached hydrogens (tertiary/aromatic N) is 1. The molecule has 0 spiro atoms. The molecule has 0 heterocycles. The van der Waals surface area contributed by atoms with Crippen LogP contribution in [0.15, 0.2) is 30.3 Å². The molecular formula is C13H8Cl2FN3. The zero-order chi connectivity index (χ0) is 14.0. The molecule has 0 aliphatic carbocycles. The summed E-state index contributed by atoms with van der Waals surface area (Å²) in [6.07, 6.45) is 0. The molecule has 0 amide bonds. The van der Waals surface area contributed by atoms with Gasteiger partial charge in [0.05, 0.1) is 38.7 Å². The average Bonchev–Trinajstić information content (AvgIpc) is 2.38. The number of nitrogens with one attached hydrogen (secondary N) is 1. The van der Waals surface area contributed by atoms with Crippen molar-refractivity contribution in [3.05, 3.63) is 51.8 Å². The zero-order valence-electron chi connectivity index (χ0n) is 9.55. The number of benzene rings is 2. The summed E-state index contributed by atoms with van der Waals surface area (Å²) in [6, 6.07) is 8.93. The number of hydrogen-bond donors (Lipinski definition) is 2. The quantitative estimate of drug-likeness (QED) is 0.811. The number of rotatable bonds is 2. The molecule has 0 saturated heterocycles. The van der Waals surface area contributed by atoms with E-state index in [1.807, 2.05) is 6.07 Å². The van der Waals surface area contributed by atoms with Crippen LogP contribution in [0.3, 0.4) is 0 Å². The van der Waals surface area contributed by atoms with Crippen LogP contribution in [0.4, 0.5) is 21.5 Å². The molecule has 0 aromatic heterocycles. The van der Waals surface area contributed by atoms with E-state index in [1.54, 1.807) is 0 Å². The first kappa shape index (κ1) is 13.5. The van der Waals surface area contributed by atoms with Gasteiger partial charge >= 0.3 is 0 Å². The molecule has 0 fully saturated rings. The predicted octanol–water partition coefficient (Wildman–Crippen LogP) is 4.33. The molecule has 19 heavy (non-hydrogen) atoms. The summed E-state index contributed by atoms with van der Waals surface area (Å²) in [7, 11) is 0. The van der Waals surface area contributed by atoms with E-state index in [-0.39, 0.29) is 11.3 Å². The van der Waals surface area contributed by atoms with Crippen molar-refractivity contribution in [3.63, 3.8) is 0 Å². The standard InChI is InChI=1S/C13H8Cl2FN3/c14-8-4-11(18)13(5-9(8)15)19-12-2-1-7(6-17)3-10(12)16/h1-5,19H,18H2. The van der Waals surface area contributed by atoms with Crippen LogP contribution in [-0.4, -0.2) is 0 Å². The molecule has 0 radical (unpaired) electrons. The lowest BCUT2D eigenvalue weighted by atomic mass is 10.2. The van der Waals surface area contributed by atoms with E-state index in [9.17, 15) is 4.39 Å². The number of nitrogen functional groups attached to an aromatic ring is 1. The van der Waals surface area contributed by atoms with Crippen molar-refractivity contribution in [2.75, 3.05) is 11.1 Å². The van der Waals surface area contributed by atoms with Crippen LogP contribution in [-0.2, 0) is 0 Å². The van der Waals surface area contributed by atoms with Gasteiger partial charge in [-0.2, -0.15) is 5.26 Å². The SMILES string of the molecule is N#Cc1ccc(Nc2cc(Cl)c(Cl)cc2N)c(F)c1. The second-order valence-electron chi connectivity index (χ2n) is 3.78. The van der Waals surface area contributed by atoms with E-state index in [1.165, 1.54) is 24.3 Å². The van der Waals surface area contributed by atoms with Crippen molar-refractivity contribution in [1.29, 1.82) is 5.26 Å². The number of halogens is 3. The third-order valence-electron chi connectivity index (χ3n) is 2.46. The maximum Gasteiger partial charge on any atom is 0.147 e. The summed E-state index contributed by atoms with van der Waals surface area (Å²) in [4.78, 5) is 0. The fraction of sp³-hybridized carbons (Fsp3) is 0. The summed E-state index contributed by atoms with van der Waals surface area (Å²) in [5, 5.41) is 12.1. The first-order valence-electron chi connectivity index (χ1n) is 5.22. The molecule has 0 bridgehead atoms. The van der Waals surface area contributed by atoms with Crippen LogP contribution in [0.5, 0.6) is 0 Å². The molecule has 2 aromatic rings. The molecule has 0 saturated carbocycles. The molecule has 3 N–H and O–H groups in total. The molecule has 0 atom stereocenters. The highest BCUT2D eigenvalue weighted by Gasteiger charge is 2.08. The predicted molar refractivity (Wildman–Crippen MR) is 75.3 cm³/mol. The molecule has 0 aliphatic rings. The Morgan fingerprint density at radius 1 is 1.11 bits per heavy atom. The van der Waals surface area contributed by atoms with Crippen molar-refractivity contribution in [1.82, 2.24) is 0 Å². The van der Waals surface area contributed by atoms with Gasteiger partial charge in [-0.3, -0.25) is 0 Å². The average molecular weight is 296 g/mol. The van der Waals surface area contributed by atoms with Gasteiger partial charge in [0.2, 0.25) is 0 Å². The van der Waals surface area contributed by atoms with Gasteiger partial charge in [0.15, 0.2) is 0 Å². The molecule has 0 unspecified atom stereocenters. The Morgan fingerprint density at radius 3 is 2.42 bits per heavy atom. The van der Waals surface area contributed by atoms with Crippen molar-refractivity contribution in [2.45, 2.75) is 0 Å². The maximum atomic E-state index is 13.7. The first-order valence-corrected chi connectivity index (χ1v) is 5.98. The Bertz CT molecular complexity index is 680. The number of nitriles is 1. The molecule has 3 nitrogen and oxygen atoms in total. The van der Waals surface area contributed by atoms with Crippen molar-refractivity contribution in [2.24, 2.45) is 0 Å². The highest BCUT2D eigenvalue weighted by Crippen LogP contribution is 2.33. The van der Waals surface area contributed by atoms with E-state index in [2.05, 4.69) is 5.32 Å². The van der Waals surface area contributed by atoms with Crippen LogP contribution in [0.25, 0.3) is 0 Å². The highest BCUT2D eigenvalue weighted by atomic mass is 35.5. The lowest BCUT2D eigenvalue weighted by Gasteiger charge is -2.11. The van der Waals surface area contributed by atoms with Crippen molar-refractivity contribution in [3.8, 4) is 6.07 Å². The summed E-state index contributed by atoms with van der Waals surface area (Å²) in [5.74, 6) is -0.551. The van der Waals surface area contributed by atoms with Gasteiger partial charge in [0.25, 0.3) is 0 Å². The van der Waals surface area contributed by atoms with Gasteiger partial charge in [-0.1, -0.05) is 23.2 Å². The monoisotopic (exact) mass is 295 g/mol. The summed E-state index contributed by atoms with van der Waals surface area (Å²) < 4.78 is 13.7. The van der Waals surface area contributed by atoms with E-state index in [0.717, 1.165) is 6.07 Å². The van der Waals surface area contributed by atoms with E-state index in [4.69, 9.17) is 34.2 Å². The molecule has 2 aromatic carbocycles. The highest BCUT2D eigenvalue weighted by molar-refractivity contribution is 6.42. The fourth-order valence-corrected chi connectivity index (χ4v) is 1.84. The van der Waals surface area contributed by atoms with Crippen molar-refractivity contribution < 1.29 is 4.39 Å². The smallest absolute Gasteiger partial charge is 0.147 e. The second-order valence-corrected chi connectivity index (χ2v) is 4.60. The van der Waals surface area contributed by atoms with Gasteiger partial charge in [-0.25, -0.2) is 4.39 Å². The third kappa shape index (κ3) is 2.90. The minimum Gasteiger partial charge on any atom is -0.397 e. The first-order chi connectivity index (χ1) is 9.01. The minimum atomic E-state index is -0.551. The lowest BCUT2D eigenvalue weighted by Crippen LogP contribution is -1.99. The van der Waals surface area contributed by atoms with E-state index in [0.29, 0.717) is 21.4 Å². The Morgan fingerprint density at radius 2 is 1.79 bits per heavy atom. The largest absolute Gasteiger partial charge is 0.397 e. The number of anilines is 3. The van der Waals surface area contributed by atoms with Crippen LogP contribution < -0.4 is 11.1 Å². The van der Waals surface area contributed by atoms with Gasteiger partial charge in [0.1, 0.15) is 5.82 Å². The summed E-state index contributed by atoms with van der Waals surface area (Å²) in [6.45, 7) is 0. The third-order valence-corrected chi connectivity index (χ3v) is 3.18. The lowest BCUT2D eigenvalue weighted by molar-refractivity contribution is 0.631. The Balaban J connectivity index is 2.37. The van der Waals surface area contributed by atoms with Gasteiger partial charge in [-0.05, 0) is 30.3 Å². The summed E-state index contributed by atoms with van der Waals surface area (Å²) in [5.41, 5.74) is 6.99. The molecule has 2 rings (SSSR count). The normalized spacial score (nSPS) is 10.0. The topological polar surface area (TPSA) is 61.8 Å². The van der Waals surface area contributed by atoms with Crippen LogP contribution >= 0.6 is 23.2 Å². The van der Waals surface area contributed by atoms with Gasteiger partial charge in [-0.15, -0.1) is 0 Å². The minimum absolute atomic E-state index is 0.198. The Hall–Kier alpha value is -1.96. The van der Waals surface area contributed by atoms with Gasteiger partial charge in [0, 0.05) is 0 Å². The summed E-state index contributed by atoms with van der Waals surface area (Å²) >= 11 is 11.7. The maximum absolute atomic E-state index is 13.7. The van der Waals surface area contributed by atoms with E-state index >= 15 is 0 Å².